The average Bonchev–Trinajstić information content (AvgIpc) is 3.29. The van der Waals surface area contributed by atoms with Crippen LogP contribution in [0.3, 0.4) is 0 Å². The Morgan fingerprint density at radius 1 is 1.21 bits per heavy atom. The van der Waals surface area contributed by atoms with Crippen LogP contribution in [0.2, 0.25) is 0 Å². The predicted molar refractivity (Wildman–Crippen MR) is 101 cm³/mol. The second kappa shape index (κ2) is 7.57. The maximum atomic E-state index is 14.0. The van der Waals surface area contributed by atoms with Gasteiger partial charge in [0.25, 0.3) is 0 Å². The molecule has 1 N–H and O–H groups in total. The monoisotopic (exact) mass is 401 g/mol. The second-order valence-electron chi connectivity index (χ2n) is 8.12. The van der Waals surface area contributed by atoms with Gasteiger partial charge in [0.05, 0.1) is 12.0 Å². The largest absolute Gasteiger partial charge is 0.353 e. The average molecular weight is 401 g/mol. The molecule has 0 aromatic heterocycles. The van der Waals surface area contributed by atoms with Gasteiger partial charge in [-0.15, -0.1) is 0 Å². The minimum Gasteiger partial charge on any atom is -0.353 e. The third-order valence-corrected chi connectivity index (χ3v) is 6.26. The molecule has 154 valence electrons. The summed E-state index contributed by atoms with van der Waals surface area (Å²) in [5.74, 6) is -1.89. The van der Waals surface area contributed by atoms with E-state index in [9.17, 15) is 23.6 Å². The van der Waals surface area contributed by atoms with Crippen molar-refractivity contribution in [1.82, 2.24) is 15.1 Å². The van der Waals surface area contributed by atoms with Gasteiger partial charge in [-0.25, -0.2) is 4.39 Å². The van der Waals surface area contributed by atoms with Gasteiger partial charge in [0, 0.05) is 32.0 Å². The van der Waals surface area contributed by atoms with Crippen LogP contribution in [0.5, 0.6) is 0 Å². The molecule has 0 spiro atoms. The van der Waals surface area contributed by atoms with Crippen molar-refractivity contribution in [1.29, 1.82) is 0 Å². The van der Waals surface area contributed by atoms with E-state index >= 15 is 0 Å². The number of benzene rings is 1. The maximum Gasteiger partial charge on any atom is 0.241 e. The molecule has 4 rings (SSSR count). The van der Waals surface area contributed by atoms with Crippen molar-refractivity contribution in [3.05, 3.63) is 35.6 Å². The van der Waals surface area contributed by atoms with E-state index in [4.69, 9.17) is 0 Å². The summed E-state index contributed by atoms with van der Waals surface area (Å²) in [6, 6.07) is 5.44. The molecule has 4 amide bonds. The number of carbonyl (C=O) groups excluding carboxylic acids is 4. The minimum absolute atomic E-state index is 0.0768. The summed E-state index contributed by atoms with van der Waals surface area (Å²) in [5.41, 5.74) is -1.08. The number of halogens is 1. The molecular formula is C21H24FN3O4. The fourth-order valence-electron chi connectivity index (χ4n) is 4.77. The molecule has 3 aliphatic rings. The van der Waals surface area contributed by atoms with Gasteiger partial charge in [-0.3, -0.25) is 24.1 Å². The van der Waals surface area contributed by atoms with Gasteiger partial charge in [0.15, 0.2) is 0 Å². The number of nitrogens with one attached hydrogen (secondary N) is 1. The molecule has 1 aromatic carbocycles. The van der Waals surface area contributed by atoms with Crippen molar-refractivity contribution in [2.45, 2.75) is 50.0 Å². The molecule has 8 heteroatoms. The van der Waals surface area contributed by atoms with Gasteiger partial charge in [-0.1, -0.05) is 25.0 Å². The Hall–Kier alpha value is -2.77. The third-order valence-electron chi connectivity index (χ3n) is 6.26. The molecule has 29 heavy (non-hydrogen) atoms. The summed E-state index contributed by atoms with van der Waals surface area (Å²) in [7, 11) is 0. The highest BCUT2D eigenvalue weighted by Gasteiger charge is 2.56. The summed E-state index contributed by atoms with van der Waals surface area (Å²) in [6.07, 6.45) is 3.02. The zero-order valence-electron chi connectivity index (χ0n) is 16.2. The summed E-state index contributed by atoms with van der Waals surface area (Å²) >= 11 is 0. The van der Waals surface area contributed by atoms with Crippen molar-refractivity contribution in [2.24, 2.45) is 0 Å². The Kier molecular flexibility index (Phi) is 5.10. The van der Waals surface area contributed by atoms with Crippen molar-refractivity contribution in [2.75, 3.05) is 19.6 Å². The zero-order chi connectivity index (χ0) is 20.6. The van der Waals surface area contributed by atoms with Crippen LogP contribution in [0, 0.1) is 5.82 Å². The van der Waals surface area contributed by atoms with Crippen LogP contribution < -0.4 is 5.32 Å². The Morgan fingerprint density at radius 3 is 2.66 bits per heavy atom. The fourth-order valence-corrected chi connectivity index (χ4v) is 4.77. The lowest BCUT2D eigenvalue weighted by Gasteiger charge is -2.33. The predicted octanol–water partition coefficient (Wildman–Crippen LogP) is 1.11. The van der Waals surface area contributed by atoms with E-state index in [1.165, 1.54) is 28.0 Å². The molecule has 0 bridgehead atoms. The molecular weight excluding hydrogens is 377 g/mol. The number of rotatable bonds is 4. The van der Waals surface area contributed by atoms with Gasteiger partial charge in [0.2, 0.25) is 23.6 Å². The van der Waals surface area contributed by atoms with E-state index in [1.807, 2.05) is 0 Å². The Morgan fingerprint density at radius 2 is 1.97 bits per heavy atom. The Balaban J connectivity index is 1.69. The molecule has 1 aliphatic carbocycles. The van der Waals surface area contributed by atoms with E-state index < -0.39 is 17.1 Å². The van der Waals surface area contributed by atoms with Crippen molar-refractivity contribution in [3.8, 4) is 0 Å². The number of carbonyl (C=O) groups is 4. The number of likely N-dealkylation sites (tertiary alicyclic amines) is 1. The number of imide groups is 1. The molecule has 2 aliphatic heterocycles. The van der Waals surface area contributed by atoms with Gasteiger partial charge in [0.1, 0.15) is 5.82 Å². The Labute approximate surface area is 168 Å². The Bertz CT molecular complexity index is 867. The number of piperazine rings is 1. The first-order chi connectivity index (χ1) is 13.9. The maximum absolute atomic E-state index is 14.0. The van der Waals surface area contributed by atoms with E-state index in [1.54, 1.807) is 6.07 Å². The highest BCUT2D eigenvalue weighted by atomic mass is 19.1. The third kappa shape index (κ3) is 3.52. The highest BCUT2D eigenvalue weighted by molar-refractivity contribution is 6.11. The quantitative estimate of drug-likeness (QED) is 0.766. The van der Waals surface area contributed by atoms with Crippen LogP contribution in [-0.2, 0) is 24.6 Å². The van der Waals surface area contributed by atoms with Gasteiger partial charge >= 0.3 is 0 Å². The number of hydrogen-bond donors (Lipinski definition) is 1. The normalized spacial score (nSPS) is 25.6. The van der Waals surface area contributed by atoms with E-state index in [-0.39, 0.29) is 43.1 Å². The first kappa shape index (κ1) is 19.5. The van der Waals surface area contributed by atoms with Crippen molar-refractivity contribution < 1.29 is 23.6 Å². The zero-order valence-corrected chi connectivity index (χ0v) is 16.2. The SMILES string of the molecule is O=C1CN(C(=O)CC2(c3cccc(F)c3)CC(=O)N(C3CCCC3)C2=O)CCN1. The standard InChI is InChI=1S/C21H24FN3O4/c22-15-5-3-4-14(10-15)21(11-18(27)24-9-8-23-17(26)13-24)12-19(28)25(20(21)29)16-6-1-2-7-16/h3-5,10,16H,1-2,6-9,11-13H2,(H,23,26). The highest BCUT2D eigenvalue weighted by Crippen LogP contribution is 2.43. The second-order valence-corrected chi connectivity index (χ2v) is 8.12. The summed E-state index contributed by atoms with van der Waals surface area (Å²) in [5, 5.41) is 2.66. The first-order valence-electron chi connectivity index (χ1n) is 10.1. The van der Waals surface area contributed by atoms with Crippen molar-refractivity contribution >= 4 is 23.6 Å². The summed E-state index contributed by atoms with van der Waals surface area (Å²) in [4.78, 5) is 53.8. The van der Waals surface area contributed by atoms with E-state index in [0.29, 0.717) is 18.7 Å². The summed E-state index contributed by atoms with van der Waals surface area (Å²) < 4.78 is 14.0. The number of nitrogens with zero attached hydrogens (tertiary/aromatic N) is 2. The molecule has 1 atom stereocenters. The van der Waals surface area contributed by atoms with Crippen LogP contribution in [0.1, 0.15) is 44.1 Å². The van der Waals surface area contributed by atoms with Crippen LogP contribution in [0.15, 0.2) is 24.3 Å². The topological polar surface area (TPSA) is 86.8 Å². The summed E-state index contributed by atoms with van der Waals surface area (Å²) in [6.45, 7) is 0.615. The molecule has 7 nitrogen and oxygen atoms in total. The molecule has 2 heterocycles. The molecule has 1 aromatic rings. The molecule has 1 saturated carbocycles. The van der Waals surface area contributed by atoms with Gasteiger partial charge in [-0.2, -0.15) is 0 Å². The first-order valence-corrected chi connectivity index (χ1v) is 10.1. The van der Waals surface area contributed by atoms with Gasteiger partial charge < -0.3 is 10.2 Å². The fraction of sp³-hybridized carbons (Fsp3) is 0.524. The van der Waals surface area contributed by atoms with Crippen LogP contribution in [-0.4, -0.2) is 59.1 Å². The lowest BCUT2D eigenvalue weighted by Crippen LogP contribution is -2.52. The lowest BCUT2D eigenvalue weighted by molar-refractivity contribution is -0.145. The van der Waals surface area contributed by atoms with Crippen LogP contribution in [0.25, 0.3) is 0 Å². The molecule has 1 unspecified atom stereocenters. The van der Waals surface area contributed by atoms with E-state index in [0.717, 1.165) is 25.7 Å². The van der Waals surface area contributed by atoms with Gasteiger partial charge in [-0.05, 0) is 30.5 Å². The molecule has 0 radical (unpaired) electrons. The van der Waals surface area contributed by atoms with Crippen LogP contribution in [0.4, 0.5) is 4.39 Å². The van der Waals surface area contributed by atoms with E-state index in [2.05, 4.69) is 5.32 Å². The minimum atomic E-state index is -1.42. The molecule has 2 saturated heterocycles. The van der Waals surface area contributed by atoms with Crippen molar-refractivity contribution in [3.63, 3.8) is 0 Å². The lowest BCUT2D eigenvalue weighted by atomic mass is 9.75. The number of hydrogen-bond acceptors (Lipinski definition) is 4. The molecule has 3 fully saturated rings. The number of amides is 4. The smallest absolute Gasteiger partial charge is 0.241 e. The van der Waals surface area contributed by atoms with Crippen LogP contribution >= 0.6 is 0 Å².